The molecule has 9 heteroatoms. The Morgan fingerprint density at radius 2 is 2.42 bits per heavy atom. The van der Waals surface area contributed by atoms with Gasteiger partial charge in [-0.25, -0.2) is 4.68 Å². The number of carbonyl (C=O) groups is 1. The second-order valence-corrected chi connectivity index (χ2v) is 5.74. The van der Waals surface area contributed by atoms with Crippen molar-refractivity contribution >= 4 is 5.91 Å². The van der Waals surface area contributed by atoms with E-state index in [2.05, 4.69) is 15.5 Å². The molecule has 2 atom stereocenters. The summed E-state index contributed by atoms with van der Waals surface area (Å²) in [5.74, 6) is 1.04. The van der Waals surface area contributed by atoms with Crippen LogP contribution in [0, 0.1) is 0 Å². The number of fused-ring (bicyclic) bond motifs is 1. The lowest BCUT2D eigenvalue weighted by atomic mass is 10.2. The van der Waals surface area contributed by atoms with Gasteiger partial charge in [0.15, 0.2) is 11.4 Å². The summed E-state index contributed by atoms with van der Waals surface area (Å²) in [6.45, 7) is 4.87. The largest absolute Gasteiger partial charge is 0.482 e. The quantitative estimate of drug-likeness (QED) is 0.832. The highest BCUT2D eigenvalue weighted by molar-refractivity contribution is 5.92. The maximum Gasteiger partial charge on any atom is 0.272 e. The monoisotopic (exact) mass is 333 g/mol. The third kappa shape index (κ3) is 2.82. The van der Waals surface area contributed by atoms with Crippen LogP contribution in [0.3, 0.4) is 0 Å². The van der Waals surface area contributed by atoms with Crippen molar-refractivity contribution in [3.05, 3.63) is 24.2 Å². The molecular formula is C15H19N5O4. The molecule has 0 unspecified atom stereocenters. The Labute approximate surface area is 138 Å². The fourth-order valence-corrected chi connectivity index (χ4v) is 2.80. The van der Waals surface area contributed by atoms with Crippen LogP contribution >= 0.6 is 0 Å². The van der Waals surface area contributed by atoms with Gasteiger partial charge in [-0.15, -0.1) is 0 Å². The van der Waals surface area contributed by atoms with Gasteiger partial charge >= 0.3 is 0 Å². The second-order valence-electron chi connectivity index (χ2n) is 5.74. The summed E-state index contributed by atoms with van der Waals surface area (Å²) in [7, 11) is 0. The normalized spacial score (nSPS) is 22.2. The zero-order valence-corrected chi connectivity index (χ0v) is 13.3. The highest BCUT2D eigenvalue weighted by Gasteiger charge is 2.33. The zero-order chi connectivity index (χ0) is 16.5. The van der Waals surface area contributed by atoms with Crippen molar-refractivity contribution in [2.45, 2.75) is 32.2 Å². The molecule has 0 radical (unpaired) electrons. The molecule has 128 valence electrons. The van der Waals surface area contributed by atoms with Gasteiger partial charge in [-0.3, -0.25) is 9.48 Å². The Kier molecular flexibility index (Phi) is 3.85. The topological polar surface area (TPSA) is 92.4 Å². The molecule has 0 saturated carbocycles. The lowest BCUT2D eigenvalue weighted by Gasteiger charge is -2.19. The first kappa shape index (κ1) is 15.0. The van der Waals surface area contributed by atoms with Gasteiger partial charge in [0.1, 0.15) is 12.7 Å². The number of aromatic nitrogens is 4. The van der Waals surface area contributed by atoms with Gasteiger partial charge < -0.3 is 19.5 Å². The molecule has 1 saturated heterocycles. The van der Waals surface area contributed by atoms with Gasteiger partial charge in [0.2, 0.25) is 5.88 Å². The Hall–Kier alpha value is -2.55. The minimum Gasteiger partial charge on any atom is -0.482 e. The molecule has 2 aliphatic rings. The Morgan fingerprint density at radius 3 is 3.21 bits per heavy atom. The smallest absolute Gasteiger partial charge is 0.272 e. The number of hydrogen-bond acceptors (Lipinski definition) is 6. The Morgan fingerprint density at radius 1 is 1.50 bits per heavy atom. The van der Waals surface area contributed by atoms with E-state index in [-0.39, 0.29) is 18.1 Å². The molecule has 9 nitrogen and oxygen atoms in total. The van der Waals surface area contributed by atoms with Crippen LogP contribution in [-0.2, 0) is 17.8 Å². The Balaban J connectivity index is 1.39. The summed E-state index contributed by atoms with van der Waals surface area (Å²) in [6, 6.07) is 1.42. The standard InChI is InChI=1S/C15H19N5O4/c1-2-19-7-10(6-16-19)24-13-9-22-8-12(13)17-15(21)11-5-14-20(18-11)3-4-23-14/h5-7,12-13H,2-4,8-9H2,1H3,(H,17,21)/t12-,13+/m0/s1. The molecule has 0 bridgehead atoms. The molecule has 1 fully saturated rings. The number of hydrogen-bond donors (Lipinski definition) is 1. The van der Waals surface area contributed by atoms with E-state index in [1.807, 2.05) is 13.1 Å². The lowest BCUT2D eigenvalue weighted by molar-refractivity contribution is 0.0898. The van der Waals surface area contributed by atoms with Crippen molar-refractivity contribution in [1.29, 1.82) is 0 Å². The van der Waals surface area contributed by atoms with Gasteiger partial charge in [0.05, 0.1) is 38.2 Å². The minimum absolute atomic E-state index is 0.236. The number of nitrogens with one attached hydrogen (secondary N) is 1. The highest BCUT2D eigenvalue weighted by atomic mass is 16.5. The molecule has 2 aromatic rings. The molecule has 4 heterocycles. The summed E-state index contributed by atoms with van der Waals surface area (Å²) in [6.07, 6.45) is 3.24. The second kappa shape index (κ2) is 6.16. The first-order chi connectivity index (χ1) is 11.7. The van der Waals surface area contributed by atoms with Crippen LogP contribution in [0.2, 0.25) is 0 Å². The molecule has 0 spiro atoms. The van der Waals surface area contributed by atoms with Crippen LogP contribution in [0.5, 0.6) is 11.6 Å². The predicted octanol–water partition coefficient (Wildman–Crippen LogP) is 0.0681. The van der Waals surface area contributed by atoms with Gasteiger partial charge in [-0.05, 0) is 6.92 Å². The van der Waals surface area contributed by atoms with Crippen molar-refractivity contribution in [2.24, 2.45) is 0 Å². The molecule has 0 aromatic carbocycles. The van der Waals surface area contributed by atoms with Gasteiger partial charge in [0.25, 0.3) is 5.91 Å². The van der Waals surface area contributed by atoms with E-state index in [4.69, 9.17) is 14.2 Å². The van der Waals surface area contributed by atoms with Crippen LogP contribution in [0.1, 0.15) is 17.4 Å². The van der Waals surface area contributed by atoms with Crippen molar-refractivity contribution in [3.8, 4) is 11.6 Å². The van der Waals surface area contributed by atoms with Gasteiger partial charge in [-0.1, -0.05) is 0 Å². The van der Waals surface area contributed by atoms with Crippen molar-refractivity contribution < 1.29 is 19.0 Å². The molecule has 2 aliphatic heterocycles. The van der Waals surface area contributed by atoms with Crippen LogP contribution in [-0.4, -0.2) is 57.4 Å². The lowest BCUT2D eigenvalue weighted by Crippen LogP contribution is -2.45. The number of amides is 1. The van der Waals surface area contributed by atoms with Crippen LogP contribution in [0.4, 0.5) is 0 Å². The third-order valence-electron chi connectivity index (χ3n) is 4.09. The van der Waals surface area contributed by atoms with Gasteiger partial charge in [-0.2, -0.15) is 10.2 Å². The van der Waals surface area contributed by atoms with E-state index in [1.165, 1.54) is 0 Å². The summed E-state index contributed by atoms with van der Waals surface area (Å²) < 4.78 is 20.2. The number of carbonyl (C=O) groups excluding carboxylic acids is 1. The van der Waals surface area contributed by atoms with E-state index >= 15 is 0 Å². The molecule has 0 aliphatic carbocycles. The average Bonchev–Trinajstić information content (AvgIpc) is 3.31. The molecule has 1 amide bonds. The predicted molar refractivity (Wildman–Crippen MR) is 82.1 cm³/mol. The fraction of sp³-hybridized carbons (Fsp3) is 0.533. The number of rotatable bonds is 5. The molecule has 2 aromatic heterocycles. The first-order valence-electron chi connectivity index (χ1n) is 8.01. The van der Waals surface area contributed by atoms with Crippen molar-refractivity contribution in [3.63, 3.8) is 0 Å². The van der Waals surface area contributed by atoms with E-state index in [0.29, 0.717) is 43.7 Å². The zero-order valence-electron chi connectivity index (χ0n) is 13.3. The Bertz CT molecular complexity index is 719. The van der Waals surface area contributed by atoms with Crippen molar-refractivity contribution in [1.82, 2.24) is 24.9 Å². The summed E-state index contributed by atoms with van der Waals surface area (Å²) in [5.41, 5.74) is 0.342. The summed E-state index contributed by atoms with van der Waals surface area (Å²) >= 11 is 0. The van der Waals surface area contributed by atoms with Crippen LogP contribution in [0.25, 0.3) is 0 Å². The summed E-state index contributed by atoms with van der Waals surface area (Å²) in [5, 5.41) is 11.3. The number of nitrogens with zero attached hydrogens (tertiary/aromatic N) is 4. The maximum atomic E-state index is 12.4. The van der Waals surface area contributed by atoms with E-state index in [9.17, 15) is 4.79 Å². The molecular weight excluding hydrogens is 314 g/mol. The maximum absolute atomic E-state index is 12.4. The summed E-state index contributed by atoms with van der Waals surface area (Å²) in [4.78, 5) is 12.4. The molecule has 1 N–H and O–H groups in total. The first-order valence-corrected chi connectivity index (χ1v) is 8.01. The van der Waals surface area contributed by atoms with E-state index in [0.717, 1.165) is 6.54 Å². The fourth-order valence-electron chi connectivity index (χ4n) is 2.80. The highest BCUT2D eigenvalue weighted by Crippen LogP contribution is 2.20. The number of aryl methyl sites for hydroxylation is 1. The molecule has 24 heavy (non-hydrogen) atoms. The van der Waals surface area contributed by atoms with Crippen LogP contribution < -0.4 is 14.8 Å². The molecule has 4 rings (SSSR count). The SMILES string of the molecule is CCn1cc(O[C@@H]2COC[C@@H]2NC(=O)c2cc3n(n2)CCO3)cn1. The average molecular weight is 333 g/mol. The minimum atomic E-state index is -0.256. The van der Waals surface area contributed by atoms with E-state index < -0.39 is 0 Å². The third-order valence-corrected chi connectivity index (χ3v) is 4.09. The van der Waals surface area contributed by atoms with Crippen LogP contribution in [0.15, 0.2) is 18.5 Å². The van der Waals surface area contributed by atoms with E-state index in [1.54, 1.807) is 21.6 Å². The van der Waals surface area contributed by atoms with Gasteiger partial charge in [0, 0.05) is 12.6 Å². The number of ether oxygens (including phenoxy) is 3. The van der Waals surface area contributed by atoms with Crippen molar-refractivity contribution in [2.75, 3.05) is 19.8 Å².